The van der Waals surface area contributed by atoms with Crippen LogP contribution in [0.25, 0.3) is 11.1 Å². The molecular formula is C15H10Cl4O2. The maximum atomic E-state index is 11.7. The molecule has 0 aliphatic heterocycles. The first-order chi connectivity index (χ1) is 9.93. The Morgan fingerprint density at radius 3 is 1.95 bits per heavy atom. The van der Waals surface area contributed by atoms with Gasteiger partial charge in [0.25, 0.3) is 0 Å². The normalized spacial score (nSPS) is 10.8. The monoisotopic (exact) mass is 362 g/mol. The van der Waals surface area contributed by atoms with Crippen LogP contribution in [0.1, 0.15) is 10.4 Å². The summed E-state index contributed by atoms with van der Waals surface area (Å²) in [7, 11) is 1.50. The highest BCUT2D eigenvalue weighted by atomic mass is 35.5. The van der Waals surface area contributed by atoms with E-state index in [1.54, 1.807) is 36.4 Å². The number of ether oxygens (including phenoxy) is 1. The highest BCUT2D eigenvalue weighted by molar-refractivity contribution is 6.55. The molecule has 0 spiro atoms. The number of hydrogen-bond donors (Lipinski definition) is 0. The molecule has 0 radical (unpaired) electrons. The van der Waals surface area contributed by atoms with Crippen molar-refractivity contribution < 1.29 is 9.53 Å². The Kier molecular flexibility index (Phi) is 5.39. The maximum Gasteiger partial charge on any atom is 0.195 e. The minimum Gasteiger partial charge on any atom is -0.494 e. The fourth-order valence-electron chi connectivity index (χ4n) is 1.87. The first-order valence-corrected chi connectivity index (χ1v) is 7.52. The number of methoxy groups -OCH3 is 1. The number of benzene rings is 2. The van der Waals surface area contributed by atoms with Crippen molar-refractivity contribution in [2.45, 2.75) is 4.84 Å². The van der Waals surface area contributed by atoms with Gasteiger partial charge in [0.2, 0.25) is 0 Å². The van der Waals surface area contributed by atoms with Gasteiger partial charge in [0.1, 0.15) is 0 Å². The van der Waals surface area contributed by atoms with Gasteiger partial charge in [-0.1, -0.05) is 70.7 Å². The zero-order chi connectivity index (χ0) is 15.6. The Hall–Kier alpha value is -0.930. The van der Waals surface area contributed by atoms with Gasteiger partial charge in [-0.25, -0.2) is 0 Å². The molecule has 0 bridgehead atoms. The molecule has 21 heavy (non-hydrogen) atoms. The summed E-state index contributed by atoms with van der Waals surface area (Å²) >= 11 is 23.3. The van der Waals surface area contributed by atoms with Crippen molar-refractivity contribution in [2.24, 2.45) is 0 Å². The number of halogens is 4. The van der Waals surface area contributed by atoms with E-state index in [4.69, 9.17) is 51.1 Å². The number of ketones is 1. The predicted molar refractivity (Wildman–Crippen MR) is 88.3 cm³/mol. The van der Waals surface area contributed by atoms with Crippen LogP contribution < -0.4 is 4.74 Å². The quantitative estimate of drug-likeness (QED) is 0.517. The number of carbonyl (C=O) groups is 1. The molecule has 2 aromatic rings. The molecule has 0 saturated heterocycles. The third-order valence-corrected chi connectivity index (χ3v) is 3.86. The summed E-state index contributed by atoms with van der Waals surface area (Å²) in [5.41, 5.74) is 2.12. The first kappa shape index (κ1) is 16.4. The molecule has 6 heteroatoms. The molecule has 0 amide bonds. The van der Waals surface area contributed by atoms with Crippen molar-refractivity contribution in [3.05, 3.63) is 52.0 Å². The summed E-state index contributed by atoms with van der Waals surface area (Å²) in [6, 6.07) is 10.3. The fraction of sp³-hybridized carbons (Fsp3) is 0.133. The van der Waals surface area contributed by atoms with Crippen molar-refractivity contribution in [3.8, 4) is 16.9 Å². The van der Waals surface area contributed by atoms with Gasteiger partial charge in [0.05, 0.1) is 17.2 Å². The van der Waals surface area contributed by atoms with E-state index in [2.05, 4.69) is 0 Å². The van der Waals surface area contributed by atoms with E-state index in [0.29, 0.717) is 21.4 Å². The van der Waals surface area contributed by atoms with Crippen molar-refractivity contribution >= 4 is 52.2 Å². The number of alkyl halides is 2. The third kappa shape index (κ3) is 3.64. The summed E-state index contributed by atoms with van der Waals surface area (Å²) in [4.78, 5) is 10.6. The molecule has 2 rings (SSSR count). The molecule has 0 aromatic heterocycles. The predicted octanol–water partition coefficient (Wildman–Crippen LogP) is 5.66. The van der Waals surface area contributed by atoms with Crippen LogP contribution in [0.3, 0.4) is 0 Å². The van der Waals surface area contributed by atoms with E-state index < -0.39 is 4.84 Å². The minimum absolute atomic E-state index is 0.337. The molecule has 0 N–H and O–H groups in total. The highest BCUT2D eigenvalue weighted by Crippen LogP contribution is 2.37. The van der Waals surface area contributed by atoms with E-state index >= 15 is 0 Å². The molecule has 0 heterocycles. The molecule has 0 atom stereocenters. The van der Waals surface area contributed by atoms with Crippen LogP contribution in [-0.4, -0.2) is 17.7 Å². The lowest BCUT2D eigenvalue weighted by Gasteiger charge is -2.09. The molecule has 2 nitrogen and oxygen atoms in total. The number of rotatable bonds is 4. The second-order valence-corrected chi connectivity index (χ2v) is 6.13. The average Bonchev–Trinajstić information content (AvgIpc) is 2.46. The maximum absolute atomic E-state index is 11.7. The smallest absolute Gasteiger partial charge is 0.195 e. The molecule has 2 aromatic carbocycles. The van der Waals surface area contributed by atoms with Crippen LogP contribution >= 0.6 is 46.4 Å². The highest BCUT2D eigenvalue weighted by Gasteiger charge is 2.15. The minimum atomic E-state index is -1.07. The lowest BCUT2D eigenvalue weighted by Crippen LogP contribution is -2.07. The lowest BCUT2D eigenvalue weighted by atomic mass is 10.0. The Morgan fingerprint density at radius 2 is 1.52 bits per heavy atom. The lowest BCUT2D eigenvalue weighted by molar-refractivity contribution is 0.101. The molecule has 110 valence electrons. The number of carbonyl (C=O) groups excluding carboxylic acids is 1. The molecule has 0 aliphatic carbocycles. The van der Waals surface area contributed by atoms with Gasteiger partial charge >= 0.3 is 0 Å². The topological polar surface area (TPSA) is 26.3 Å². The van der Waals surface area contributed by atoms with Crippen molar-refractivity contribution in [1.29, 1.82) is 0 Å². The average molecular weight is 364 g/mol. The van der Waals surface area contributed by atoms with E-state index in [9.17, 15) is 4.79 Å². The second-order valence-electron chi connectivity index (χ2n) is 4.22. The van der Waals surface area contributed by atoms with Gasteiger partial charge in [0.15, 0.2) is 16.4 Å². The zero-order valence-electron chi connectivity index (χ0n) is 10.9. The van der Waals surface area contributed by atoms with Crippen molar-refractivity contribution in [3.63, 3.8) is 0 Å². The first-order valence-electron chi connectivity index (χ1n) is 5.90. The Morgan fingerprint density at radius 1 is 1.00 bits per heavy atom. The van der Waals surface area contributed by atoms with Gasteiger partial charge < -0.3 is 4.74 Å². The summed E-state index contributed by atoms with van der Waals surface area (Å²) in [5.74, 6) is 0.0942. The number of hydrogen-bond acceptors (Lipinski definition) is 2. The van der Waals surface area contributed by atoms with E-state index in [-0.39, 0.29) is 5.78 Å². The van der Waals surface area contributed by atoms with Gasteiger partial charge in [-0.2, -0.15) is 0 Å². The summed E-state index contributed by atoms with van der Waals surface area (Å²) < 4.78 is 5.11. The molecule has 0 unspecified atom stereocenters. The molecule has 0 saturated carbocycles. The Balaban J connectivity index is 2.37. The summed E-state index contributed by atoms with van der Waals surface area (Å²) in [5, 5.41) is 0.837. The SMILES string of the molecule is COc1c(Cl)cc(-c2ccc(C(=O)C(Cl)Cl)cc2)cc1Cl. The standard InChI is InChI=1S/C15H10Cl4O2/c1-21-14-11(16)6-10(7-12(14)17)8-2-4-9(5-3-8)13(20)15(18)19/h2-7,15H,1H3. The summed E-state index contributed by atoms with van der Waals surface area (Å²) in [6.07, 6.45) is 0. The second kappa shape index (κ2) is 6.89. The van der Waals surface area contributed by atoms with Gasteiger partial charge in [-0.3, -0.25) is 4.79 Å². The largest absolute Gasteiger partial charge is 0.494 e. The Labute approximate surface area is 142 Å². The van der Waals surface area contributed by atoms with Gasteiger partial charge in [0, 0.05) is 5.56 Å². The summed E-state index contributed by atoms with van der Waals surface area (Å²) in [6.45, 7) is 0. The molecule has 0 aliphatic rings. The van der Waals surface area contributed by atoms with Gasteiger partial charge in [-0.05, 0) is 23.3 Å². The van der Waals surface area contributed by atoms with Crippen LogP contribution in [0.5, 0.6) is 5.75 Å². The van der Waals surface area contributed by atoms with Crippen LogP contribution in [0.15, 0.2) is 36.4 Å². The number of Topliss-reactive ketones (excluding diaryl/α,β-unsaturated/α-hetero) is 1. The Bertz CT molecular complexity index is 643. The van der Waals surface area contributed by atoms with Crippen LogP contribution in [0, 0.1) is 0 Å². The molecule has 0 fully saturated rings. The van der Waals surface area contributed by atoms with E-state index in [1.807, 2.05) is 0 Å². The van der Waals surface area contributed by atoms with Crippen LogP contribution in [0.4, 0.5) is 0 Å². The van der Waals surface area contributed by atoms with E-state index in [1.165, 1.54) is 7.11 Å². The van der Waals surface area contributed by atoms with Crippen molar-refractivity contribution in [1.82, 2.24) is 0 Å². The van der Waals surface area contributed by atoms with Gasteiger partial charge in [-0.15, -0.1) is 0 Å². The fourth-order valence-corrected chi connectivity index (χ4v) is 2.77. The molecular weight excluding hydrogens is 354 g/mol. The zero-order valence-corrected chi connectivity index (χ0v) is 13.9. The van der Waals surface area contributed by atoms with Crippen LogP contribution in [-0.2, 0) is 0 Å². The third-order valence-electron chi connectivity index (χ3n) is 2.90. The van der Waals surface area contributed by atoms with Crippen molar-refractivity contribution in [2.75, 3.05) is 7.11 Å². The van der Waals surface area contributed by atoms with Crippen LogP contribution in [0.2, 0.25) is 10.0 Å². The van der Waals surface area contributed by atoms with E-state index in [0.717, 1.165) is 11.1 Å².